The van der Waals surface area contributed by atoms with Gasteiger partial charge in [-0.3, -0.25) is 0 Å². The fraction of sp³-hybridized carbons (Fsp3) is 0.684. The molecule has 0 saturated heterocycles. The third kappa shape index (κ3) is 19.7. The SMILES string of the molecule is C/C=C\C.C/C=C\C(=C/C)C(C)(C)CC.CC.CC. The second-order valence-electron chi connectivity index (χ2n) is 4.15. The number of hydrogen-bond donors (Lipinski definition) is 0. The second kappa shape index (κ2) is 22.4. The molecule has 0 aromatic heterocycles. The quantitative estimate of drug-likeness (QED) is 0.365. The van der Waals surface area contributed by atoms with E-state index in [-0.39, 0.29) is 0 Å². The molecule has 0 rings (SSSR count). The van der Waals surface area contributed by atoms with E-state index in [1.807, 2.05) is 53.7 Å². The van der Waals surface area contributed by atoms with Crippen molar-refractivity contribution in [3.05, 3.63) is 36.0 Å². The van der Waals surface area contributed by atoms with Crippen LogP contribution < -0.4 is 0 Å². The van der Waals surface area contributed by atoms with Crippen molar-refractivity contribution in [1.82, 2.24) is 0 Å². The van der Waals surface area contributed by atoms with E-state index in [2.05, 4.69) is 52.8 Å². The van der Waals surface area contributed by atoms with E-state index in [1.54, 1.807) is 0 Å². The maximum absolute atomic E-state index is 2.28. The lowest BCUT2D eigenvalue weighted by molar-refractivity contribution is 0.439. The van der Waals surface area contributed by atoms with Gasteiger partial charge in [0.05, 0.1) is 0 Å². The van der Waals surface area contributed by atoms with Gasteiger partial charge in [0.25, 0.3) is 0 Å². The van der Waals surface area contributed by atoms with Crippen LogP contribution in [0.3, 0.4) is 0 Å². The lowest BCUT2D eigenvalue weighted by Gasteiger charge is -2.24. The summed E-state index contributed by atoms with van der Waals surface area (Å²) in [5, 5.41) is 0. The van der Waals surface area contributed by atoms with Crippen molar-refractivity contribution in [3.63, 3.8) is 0 Å². The zero-order chi connectivity index (χ0) is 16.3. The molecule has 0 aromatic carbocycles. The van der Waals surface area contributed by atoms with Gasteiger partial charge in [0.1, 0.15) is 0 Å². The molecule has 0 N–H and O–H groups in total. The molecular weight excluding hydrogens is 228 g/mol. The molecule has 0 aromatic rings. The predicted octanol–water partition coefficient (Wildman–Crippen LogP) is 7.58. The Balaban J connectivity index is -0.000000118. The summed E-state index contributed by atoms with van der Waals surface area (Å²) in [4.78, 5) is 0. The lowest BCUT2D eigenvalue weighted by Crippen LogP contribution is -2.11. The zero-order valence-electron chi connectivity index (χ0n) is 15.6. The molecule has 0 bridgehead atoms. The van der Waals surface area contributed by atoms with Crippen LogP contribution in [0.5, 0.6) is 0 Å². The molecule has 0 heterocycles. The van der Waals surface area contributed by atoms with Crippen LogP contribution in [0.4, 0.5) is 0 Å². The summed E-state index contributed by atoms with van der Waals surface area (Å²) in [6.45, 7) is 23.0. The van der Waals surface area contributed by atoms with Crippen molar-refractivity contribution < 1.29 is 0 Å². The first-order valence-electron chi connectivity index (χ1n) is 7.86. The second-order valence-corrected chi connectivity index (χ2v) is 4.15. The summed E-state index contributed by atoms with van der Waals surface area (Å²) in [7, 11) is 0. The third-order valence-electron chi connectivity index (χ3n) is 2.66. The van der Waals surface area contributed by atoms with Crippen LogP contribution in [0.1, 0.15) is 82.6 Å². The fourth-order valence-corrected chi connectivity index (χ4v) is 1.10. The number of hydrogen-bond acceptors (Lipinski definition) is 0. The Hall–Kier alpha value is -0.780. The average molecular weight is 269 g/mol. The highest BCUT2D eigenvalue weighted by Crippen LogP contribution is 2.30. The van der Waals surface area contributed by atoms with Gasteiger partial charge in [-0.15, -0.1) is 0 Å². The van der Waals surface area contributed by atoms with E-state index in [0.29, 0.717) is 5.41 Å². The van der Waals surface area contributed by atoms with Gasteiger partial charge in [-0.1, -0.05) is 78.8 Å². The summed E-state index contributed by atoms with van der Waals surface area (Å²) in [5.41, 5.74) is 1.77. The minimum Gasteiger partial charge on any atom is -0.0919 e. The predicted molar refractivity (Wildman–Crippen MR) is 95.8 cm³/mol. The Morgan fingerprint density at radius 1 is 0.789 bits per heavy atom. The fourth-order valence-electron chi connectivity index (χ4n) is 1.10. The smallest absolute Gasteiger partial charge is 0.0110 e. The lowest BCUT2D eigenvalue weighted by atomic mass is 9.81. The Kier molecular flexibility index (Phi) is 31.5. The summed E-state index contributed by atoms with van der Waals surface area (Å²) in [6, 6.07) is 0. The molecule has 0 fully saturated rings. The van der Waals surface area contributed by atoms with Crippen LogP contribution in [0.25, 0.3) is 0 Å². The van der Waals surface area contributed by atoms with Crippen LogP contribution in [-0.4, -0.2) is 0 Å². The highest BCUT2D eigenvalue weighted by Gasteiger charge is 2.17. The van der Waals surface area contributed by atoms with E-state index in [4.69, 9.17) is 0 Å². The Labute approximate surface area is 124 Å². The van der Waals surface area contributed by atoms with Crippen LogP contribution >= 0.6 is 0 Å². The normalized spacial score (nSPS) is 11.0. The van der Waals surface area contributed by atoms with Gasteiger partial charge in [-0.05, 0) is 45.1 Å². The van der Waals surface area contributed by atoms with E-state index in [1.165, 1.54) is 12.0 Å². The molecule has 0 amide bonds. The van der Waals surface area contributed by atoms with Crippen LogP contribution in [0.2, 0.25) is 0 Å². The molecule has 116 valence electrons. The monoisotopic (exact) mass is 268 g/mol. The zero-order valence-corrected chi connectivity index (χ0v) is 15.6. The largest absolute Gasteiger partial charge is 0.0919 e. The summed E-state index contributed by atoms with van der Waals surface area (Å²) >= 11 is 0. The van der Waals surface area contributed by atoms with Crippen LogP contribution in [0.15, 0.2) is 36.0 Å². The Morgan fingerprint density at radius 3 is 1.32 bits per heavy atom. The third-order valence-corrected chi connectivity index (χ3v) is 2.66. The minimum absolute atomic E-state index is 0.335. The summed E-state index contributed by atoms with van der Waals surface area (Å²) in [6.07, 6.45) is 11.7. The maximum atomic E-state index is 2.28. The van der Waals surface area contributed by atoms with Crippen LogP contribution in [0, 0.1) is 5.41 Å². The molecule has 19 heavy (non-hydrogen) atoms. The first kappa shape index (κ1) is 26.7. The van der Waals surface area contributed by atoms with E-state index in [0.717, 1.165) is 0 Å². The van der Waals surface area contributed by atoms with Gasteiger partial charge in [0, 0.05) is 0 Å². The average Bonchev–Trinajstić information content (AvgIpc) is 2.48. The van der Waals surface area contributed by atoms with Crippen molar-refractivity contribution in [2.45, 2.75) is 82.6 Å². The molecule has 0 heteroatoms. The molecule has 0 aliphatic heterocycles. The molecule has 0 saturated carbocycles. The molecule has 0 radical (unpaired) electrons. The van der Waals surface area contributed by atoms with Crippen molar-refractivity contribution in [3.8, 4) is 0 Å². The standard InChI is InChI=1S/C11H20.C4H8.2C2H6/c1-6-9-10(7-2)11(4,5)8-3;1-3-4-2;2*1-2/h6-7,9H,8H2,1-5H3;3-4H,1-2H3;2*1-2H3/b9-6-,10-7+;4-3-;;. The number of rotatable bonds is 3. The van der Waals surface area contributed by atoms with Gasteiger partial charge in [0.2, 0.25) is 0 Å². The maximum Gasteiger partial charge on any atom is -0.0110 e. The Bertz CT molecular complexity index is 210. The molecular formula is C19H40. The van der Waals surface area contributed by atoms with Gasteiger partial charge in [0.15, 0.2) is 0 Å². The first-order valence-corrected chi connectivity index (χ1v) is 7.86. The summed E-state index contributed by atoms with van der Waals surface area (Å²) in [5.74, 6) is 0. The van der Waals surface area contributed by atoms with Crippen molar-refractivity contribution >= 4 is 0 Å². The minimum atomic E-state index is 0.335. The molecule has 0 atom stereocenters. The van der Waals surface area contributed by atoms with Crippen molar-refractivity contribution in [2.24, 2.45) is 5.41 Å². The Morgan fingerprint density at radius 2 is 1.16 bits per heavy atom. The number of allylic oxidation sites excluding steroid dienone is 6. The van der Waals surface area contributed by atoms with Crippen LogP contribution in [-0.2, 0) is 0 Å². The highest BCUT2D eigenvalue weighted by molar-refractivity contribution is 5.24. The van der Waals surface area contributed by atoms with E-state index in [9.17, 15) is 0 Å². The molecule has 0 spiro atoms. The highest BCUT2D eigenvalue weighted by atomic mass is 14.2. The van der Waals surface area contributed by atoms with Gasteiger partial charge in [-0.2, -0.15) is 0 Å². The molecule has 0 unspecified atom stereocenters. The molecule has 0 aliphatic carbocycles. The molecule has 0 aliphatic rings. The molecule has 0 nitrogen and oxygen atoms in total. The van der Waals surface area contributed by atoms with Gasteiger partial charge >= 0.3 is 0 Å². The van der Waals surface area contributed by atoms with Gasteiger partial charge < -0.3 is 0 Å². The van der Waals surface area contributed by atoms with Crippen molar-refractivity contribution in [1.29, 1.82) is 0 Å². The first-order chi connectivity index (χ1) is 8.99. The summed E-state index contributed by atoms with van der Waals surface area (Å²) < 4.78 is 0. The van der Waals surface area contributed by atoms with Gasteiger partial charge in [-0.25, -0.2) is 0 Å². The topological polar surface area (TPSA) is 0 Å². The van der Waals surface area contributed by atoms with E-state index < -0.39 is 0 Å². The van der Waals surface area contributed by atoms with Crippen molar-refractivity contribution in [2.75, 3.05) is 0 Å². The van der Waals surface area contributed by atoms with E-state index >= 15 is 0 Å².